The second kappa shape index (κ2) is 55.3. The summed E-state index contributed by atoms with van der Waals surface area (Å²) in [5.41, 5.74) is 17.5. The highest BCUT2D eigenvalue weighted by Crippen LogP contribution is 2.19. The molecule has 2 aromatic carbocycles. The molecule has 0 heterocycles. The van der Waals surface area contributed by atoms with Crippen molar-refractivity contribution in [1.82, 2.24) is 69.1 Å². The summed E-state index contributed by atoms with van der Waals surface area (Å²) >= 11 is 1.07. The lowest BCUT2D eigenvalue weighted by Crippen LogP contribution is -2.63. The van der Waals surface area contributed by atoms with Crippen molar-refractivity contribution in [1.29, 1.82) is 0 Å². The van der Waals surface area contributed by atoms with Gasteiger partial charge in [-0.25, -0.2) is 4.79 Å². The average Bonchev–Trinajstić information content (AvgIpc) is 0.836. The number of amides is 14. The number of thioether (sulfide) groups is 1. The highest BCUT2D eigenvalue weighted by Gasteiger charge is 2.41. The highest BCUT2D eigenvalue weighted by atomic mass is 32.2. The van der Waals surface area contributed by atoms with Gasteiger partial charge < -0.3 is 137 Å². The van der Waals surface area contributed by atoms with Crippen molar-refractivity contribution < 1.29 is 152 Å². The van der Waals surface area contributed by atoms with Crippen LogP contribution in [0.3, 0.4) is 0 Å². The van der Waals surface area contributed by atoms with Crippen LogP contribution in [0, 0.1) is 11.8 Å². The number of aromatic hydroxyl groups is 1. The Kier molecular flexibility index (Phi) is 47.9. The van der Waals surface area contributed by atoms with Crippen LogP contribution in [0.1, 0.15) is 148 Å². The number of rotatable bonds is 61. The largest absolute Gasteiger partial charge is 0.508 e. The maximum atomic E-state index is 14.9. The Hall–Kier alpha value is -12.7. The lowest BCUT2D eigenvalue weighted by atomic mass is 9.96. The zero-order chi connectivity index (χ0) is 93.8. The molecule has 0 radical (unpaired) electrons. The molecular formula is C76H112N16O31S. The molecule has 0 aliphatic heterocycles. The monoisotopic (exact) mass is 1780 g/mol. The fourth-order valence-electron chi connectivity index (χ4n) is 11.5. The van der Waals surface area contributed by atoms with Gasteiger partial charge in [0.25, 0.3) is 0 Å². The standard InChI is InChI=1S/C76H112N16O31S/c1-6-37(4)61(91-70(116)49(30-39-15-17-41(95)18-16-39)88-75(121)62(38(5)94)92-71(117)51(32-59(107)108)86-63(109)42(78)33-93)74(120)89-52(35-124-34-40-12-8-7-9-13-40)72(118)83-47(22-27-56(101)102)68(114)90-60(36(2)3)73(119)84-46(21-26-55(99)100)67(113)87-50(31-58(105)106)69(115)82-44(19-24-53(79)96)65(111)80-43(14-10-11-29-77)64(110)81-45(20-25-54(97)98)66(112)85-48(76(122)123)23-28-57(103)104/h7-9,12-13,15-18,36-38,42-52,60-62,93-95H,6,10-11,14,19-35,77-78H2,1-5H3,(H2,79,96)(H,80,111)(H,81,110)(H,82,115)(H,83,118)(H,84,119)(H,85,112)(H,86,109)(H,87,113)(H,88,121)(H,89,120)(H,90,114)(H,91,116)(H,92,117)(H,97,98)(H,99,100)(H,101,102)(H,103,104)(H,105,106)(H,107,108)(H,122,123)/t37-,38+,42-,43-,44-,45-,46-,47-,48-,49-,50-,51-,52-,60-,61-,62-/m0/s1. The van der Waals surface area contributed by atoms with Crippen molar-refractivity contribution >= 4 is 136 Å². The number of nitrogens with one attached hydrogen (secondary N) is 13. The number of hydrogen-bond acceptors (Lipinski definition) is 27. The molecule has 0 fully saturated rings. The molecule has 16 atom stereocenters. The van der Waals surface area contributed by atoms with Crippen molar-refractivity contribution in [2.24, 2.45) is 29.0 Å². The molecule has 48 heteroatoms. The molecule has 0 bridgehead atoms. The van der Waals surface area contributed by atoms with Crippen LogP contribution in [-0.2, 0) is 113 Å². The van der Waals surface area contributed by atoms with Crippen LogP contribution < -0.4 is 86.3 Å². The first-order valence-electron chi connectivity index (χ1n) is 39.1. The predicted molar refractivity (Wildman–Crippen MR) is 432 cm³/mol. The molecule has 124 heavy (non-hydrogen) atoms. The number of benzene rings is 2. The lowest BCUT2D eigenvalue weighted by molar-refractivity contribution is -0.144. The number of carboxylic acids is 7. The molecule has 0 spiro atoms. The smallest absolute Gasteiger partial charge is 0.326 e. The van der Waals surface area contributed by atoms with E-state index in [-0.39, 0.29) is 55.0 Å². The lowest BCUT2D eigenvalue weighted by Gasteiger charge is -2.30. The number of carbonyl (C=O) groups is 21. The van der Waals surface area contributed by atoms with E-state index >= 15 is 0 Å². The minimum absolute atomic E-state index is 0.0230. The van der Waals surface area contributed by atoms with E-state index < -0.39 is 317 Å². The normalized spacial score (nSPS) is 14.9. The van der Waals surface area contributed by atoms with E-state index in [2.05, 4.69) is 58.5 Å². The van der Waals surface area contributed by atoms with Crippen molar-refractivity contribution in [3.05, 3.63) is 65.7 Å². The van der Waals surface area contributed by atoms with Crippen LogP contribution in [0.2, 0.25) is 0 Å². The average molecular weight is 1780 g/mol. The SMILES string of the molecule is CC[C@H](C)[C@H](NC(=O)[C@H](Cc1ccc(O)cc1)NC(=O)[C@@H](NC(=O)[C@H](CC(=O)O)NC(=O)[C@@H](N)CO)[C@@H](C)O)C(=O)N[C@@H](CSCc1ccccc1)C(=O)N[C@@H](CCC(=O)O)C(=O)N[C@H](C(=O)N[C@@H](CCC(=O)O)C(=O)N[C@@H](CC(=O)O)C(=O)N[C@@H](CCC(N)=O)C(=O)N[C@@H](CCCCN)C(=O)N[C@@H](CCC(=O)O)C(=O)N[C@@H](CCC(=O)O)C(=O)O)C(C)C. The molecule has 688 valence electrons. The summed E-state index contributed by atoms with van der Waals surface area (Å²) in [4.78, 5) is 280. The molecule has 2 aromatic rings. The molecule has 0 unspecified atom stereocenters. The van der Waals surface area contributed by atoms with E-state index in [4.69, 9.17) is 22.3 Å². The predicted octanol–water partition coefficient (Wildman–Crippen LogP) is -6.54. The van der Waals surface area contributed by atoms with Gasteiger partial charge in [0.1, 0.15) is 90.3 Å². The van der Waals surface area contributed by atoms with E-state index in [0.29, 0.717) is 5.56 Å². The molecular weight excluding hydrogens is 1660 g/mol. The fraction of sp³-hybridized carbons (Fsp3) is 0.566. The third kappa shape index (κ3) is 40.8. The number of aliphatic hydroxyl groups is 2. The molecule has 29 N–H and O–H groups in total. The minimum Gasteiger partial charge on any atom is -0.508 e. The number of unbranched alkanes of at least 4 members (excludes halogenated alkanes) is 1. The number of phenolic OH excluding ortho intramolecular Hbond substituents is 1. The second-order valence-electron chi connectivity index (χ2n) is 29.2. The van der Waals surface area contributed by atoms with Crippen LogP contribution >= 0.6 is 11.8 Å². The number of nitrogens with two attached hydrogens (primary N) is 3. The number of primary amides is 1. The summed E-state index contributed by atoms with van der Waals surface area (Å²) in [6, 6.07) is -12.4. The van der Waals surface area contributed by atoms with Gasteiger partial charge in [-0.2, -0.15) is 11.8 Å². The van der Waals surface area contributed by atoms with Gasteiger partial charge in [0, 0.05) is 50.0 Å². The Bertz CT molecular complexity index is 4050. The highest BCUT2D eigenvalue weighted by molar-refractivity contribution is 7.98. The van der Waals surface area contributed by atoms with E-state index in [0.717, 1.165) is 18.7 Å². The van der Waals surface area contributed by atoms with Gasteiger partial charge >= 0.3 is 41.8 Å². The van der Waals surface area contributed by atoms with Crippen molar-refractivity contribution in [3.8, 4) is 5.75 Å². The Morgan fingerprint density at radius 3 is 1.15 bits per heavy atom. The molecule has 0 aliphatic carbocycles. The van der Waals surface area contributed by atoms with E-state index in [1.807, 2.05) is 10.6 Å². The number of carboxylic acid groups (broad SMARTS) is 7. The molecule has 0 aromatic heterocycles. The van der Waals surface area contributed by atoms with E-state index in [9.17, 15) is 147 Å². The van der Waals surface area contributed by atoms with Gasteiger partial charge in [-0.15, -0.1) is 0 Å². The fourth-order valence-corrected chi connectivity index (χ4v) is 12.5. The van der Waals surface area contributed by atoms with Crippen molar-refractivity contribution in [2.75, 3.05) is 18.9 Å². The quantitative estimate of drug-likeness (QED) is 0.0274. The summed E-state index contributed by atoms with van der Waals surface area (Å²) in [5, 5.41) is 127. The van der Waals surface area contributed by atoms with Gasteiger partial charge in [-0.3, -0.25) is 95.9 Å². The first-order valence-corrected chi connectivity index (χ1v) is 40.3. The third-order valence-electron chi connectivity index (χ3n) is 18.7. The zero-order valence-electron chi connectivity index (χ0n) is 68.5. The Balaban J connectivity index is 2.68. The molecule has 2 rings (SSSR count). The molecule has 47 nitrogen and oxygen atoms in total. The Morgan fingerprint density at radius 2 is 0.726 bits per heavy atom. The van der Waals surface area contributed by atoms with Crippen LogP contribution in [0.4, 0.5) is 0 Å². The van der Waals surface area contributed by atoms with Crippen LogP contribution in [0.5, 0.6) is 5.75 Å². The summed E-state index contributed by atoms with van der Waals surface area (Å²) in [6.07, 6.45) is -12.4. The Morgan fingerprint density at radius 1 is 0.379 bits per heavy atom. The maximum Gasteiger partial charge on any atom is 0.326 e. The summed E-state index contributed by atoms with van der Waals surface area (Å²) in [5.74, 6) is -31.1. The molecule has 0 saturated heterocycles. The van der Waals surface area contributed by atoms with Crippen molar-refractivity contribution in [3.63, 3.8) is 0 Å². The maximum absolute atomic E-state index is 14.9. The third-order valence-corrected chi connectivity index (χ3v) is 19.8. The summed E-state index contributed by atoms with van der Waals surface area (Å²) < 4.78 is 0. The summed E-state index contributed by atoms with van der Waals surface area (Å²) in [7, 11) is 0. The minimum atomic E-state index is -2.28. The number of carbonyl (C=O) groups excluding carboxylic acids is 14. The zero-order valence-corrected chi connectivity index (χ0v) is 69.4. The topological polar surface area (TPSA) is 795 Å². The van der Waals surface area contributed by atoms with Gasteiger partial charge in [0.05, 0.1) is 25.6 Å². The molecule has 14 amide bonds. The van der Waals surface area contributed by atoms with Crippen LogP contribution in [-0.4, -0.2) is 285 Å². The first-order chi connectivity index (χ1) is 58.2. The van der Waals surface area contributed by atoms with Gasteiger partial charge in [0.15, 0.2) is 0 Å². The van der Waals surface area contributed by atoms with Gasteiger partial charge in [0.2, 0.25) is 82.7 Å². The number of phenols is 1. The molecule has 0 saturated carbocycles. The molecule has 0 aliphatic rings. The van der Waals surface area contributed by atoms with E-state index in [1.54, 1.807) is 37.3 Å². The summed E-state index contributed by atoms with van der Waals surface area (Å²) in [6.45, 7) is 5.96. The first kappa shape index (κ1) is 107. The van der Waals surface area contributed by atoms with Gasteiger partial charge in [-0.1, -0.05) is 76.6 Å². The number of hydrogen-bond donors (Lipinski definition) is 26. The van der Waals surface area contributed by atoms with Gasteiger partial charge in [-0.05, 0) is 99.9 Å². The number of aliphatic hydroxyl groups excluding tert-OH is 2. The van der Waals surface area contributed by atoms with Crippen LogP contribution in [0.15, 0.2) is 54.6 Å². The van der Waals surface area contributed by atoms with Crippen molar-refractivity contribution in [2.45, 2.75) is 240 Å². The Labute approximate surface area is 713 Å². The van der Waals surface area contributed by atoms with E-state index in [1.165, 1.54) is 45.0 Å². The van der Waals surface area contributed by atoms with Crippen LogP contribution in [0.25, 0.3) is 0 Å². The second-order valence-corrected chi connectivity index (χ2v) is 30.2. The number of aliphatic carboxylic acids is 7.